The van der Waals surface area contributed by atoms with Crippen molar-refractivity contribution < 1.29 is 14.3 Å². The molecule has 1 fully saturated rings. The first-order chi connectivity index (χ1) is 9.99. The number of piperidine rings is 1. The van der Waals surface area contributed by atoms with Crippen LogP contribution in [-0.2, 0) is 9.53 Å². The highest BCUT2D eigenvalue weighted by molar-refractivity contribution is 6.35. The average Bonchev–Trinajstić information content (AvgIpc) is 2.45. The molecule has 7 heteroatoms. The molecule has 1 aliphatic rings. The third-order valence-corrected chi connectivity index (χ3v) is 3.87. The van der Waals surface area contributed by atoms with Gasteiger partial charge in [-0.2, -0.15) is 0 Å². The maximum Gasteiger partial charge on any atom is 0.321 e. The first-order valence-corrected chi connectivity index (χ1v) is 7.35. The standard InChI is InChI=1S/C14H16Cl2N2O3/c1-21-13(19)9-2-4-18(5-3-9)14(20)17-12-7-10(15)6-11(16)8-12/h6-9H,2-5H2,1H3,(H,17,20). The van der Waals surface area contributed by atoms with E-state index in [1.165, 1.54) is 7.11 Å². The lowest BCUT2D eigenvalue weighted by Gasteiger charge is -2.30. The molecule has 1 aromatic rings. The van der Waals surface area contributed by atoms with Gasteiger partial charge in [-0.1, -0.05) is 23.2 Å². The molecule has 0 bridgehead atoms. The molecule has 0 unspecified atom stereocenters. The normalized spacial score (nSPS) is 15.7. The van der Waals surface area contributed by atoms with Crippen molar-refractivity contribution in [3.63, 3.8) is 0 Å². The van der Waals surface area contributed by atoms with Gasteiger partial charge in [0, 0.05) is 28.8 Å². The lowest BCUT2D eigenvalue weighted by atomic mass is 9.97. The van der Waals surface area contributed by atoms with Gasteiger partial charge in [-0.05, 0) is 31.0 Å². The summed E-state index contributed by atoms with van der Waals surface area (Å²) in [7, 11) is 1.38. The van der Waals surface area contributed by atoms with Crippen molar-refractivity contribution >= 4 is 40.9 Å². The number of halogens is 2. The Morgan fingerprint density at radius 3 is 2.29 bits per heavy atom. The third kappa shape index (κ3) is 4.25. The maximum atomic E-state index is 12.1. The quantitative estimate of drug-likeness (QED) is 0.845. The van der Waals surface area contributed by atoms with Crippen molar-refractivity contribution in [2.75, 3.05) is 25.5 Å². The molecular weight excluding hydrogens is 315 g/mol. The summed E-state index contributed by atoms with van der Waals surface area (Å²) in [4.78, 5) is 25.2. The van der Waals surface area contributed by atoms with Crippen LogP contribution in [0.15, 0.2) is 18.2 Å². The van der Waals surface area contributed by atoms with Crippen molar-refractivity contribution in [3.8, 4) is 0 Å². The largest absolute Gasteiger partial charge is 0.469 e. The molecule has 5 nitrogen and oxygen atoms in total. The second kappa shape index (κ2) is 7.00. The minimum atomic E-state index is -0.225. The van der Waals surface area contributed by atoms with E-state index in [4.69, 9.17) is 27.9 Å². The van der Waals surface area contributed by atoms with Gasteiger partial charge in [0.2, 0.25) is 0 Å². The summed E-state index contributed by atoms with van der Waals surface area (Å²) >= 11 is 11.8. The van der Waals surface area contributed by atoms with Gasteiger partial charge in [0.25, 0.3) is 0 Å². The summed E-state index contributed by atoms with van der Waals surface area (Å²) < 4.78 is 4.72. The molecule has 2 rings (SSSR count). The Morgan fingerprint density at radius 1 is 1.19 bits per heavy atom. The predicted molar refractivity (Wildman–Crippen MR) is 81.8 cm³/mol. The monoisotopic (exact) mass is 330 g/mol. The highest BCUT2D eigenvalue weighted by Crippen LogP contribution is 2.24. The number of anilines is 1. The number of likely N-dealkylation sites (tertiary alicyclic amines) is 1. The van der Waals surface area contributed by atoms with Crippen molar-refractivity contribution in [1.82, 2.24) is 4.90 Å². The minimum absolute atomic E-state index is 0.125. The van der Waals surface area contributed by atoms with E-state index < -0.39 is 0 Å². The van der Waals surface area contributed by atoms with Crippen LogP contribution in [-0.4, -0.2) is 37.1 Å². The molecule has 0 aromatic heterocycles. The molecule has 2 amide bonds. The van der Waals surface area contributed by atoms with Crippen molar-refractivity contribution in [2.45, 2.75) is 12.8 Å². The number of benzene rings is 1. The number of urea groups is 1. The van der Waals surface area contributed by atoms with E-state index in [-0.39, 0.29) is 17.9 Å². The molecular formula is C14H16Cl2N2O3. The van der Waals surface area contributed by atoms with E-state index in [2.05, 4.69) is 5.32 Å². The fourth-order valence-electron chi connectivity index (χ4n) is 2.31. The molecule has 21 heavy (non-hydrogen) atoms. The number of hydrogen-bond acceptors (Lipinski definition) is 3. The Morgan fingerprint density at radius 2 is 1.76 bits per heavy atom. The Bertz CT molecular complexity index is 523. The lowest BCUT2D eigenvalue weighted by molar-refractivity contribution is -0.146. The molecule has 0 aliphatic carbocycles. The SMILES string of the molecule is COC(=O)C1CCN(C(=O)Nc2cc(Cl)cc(Cl)c2)CC1. The van der Waals surface area contributed by atoms with Crippen LogP contribution in [0.3, 0.4) is 0 Å². The molecule has 0 saturated carbocycles. The fraction of sp³-hybridized carbons (Fsp3) is 0.429. The number of nitrogens with one attached hydrogen (secondary N) is 1. The zero-order valence-corrected chi connectivity index (χ0v) is 13.1. The summed E-state index contributed by atoms with van der Waals surface area (Å²) in [6.45, 7) is 1.03. The van der Waals surface area contributed by atoms with Gasteiger partial charge >= 0.3 is 12.0 Å². The van der Waals surface area contributed by atoms with Gasteiger partial charge in [-0.25, -0.2) is 4.79 Å². The van der Waals surface area contributed by atoms with E-state index in [1.807, 2.05) is 0 Å². The van der Waals surface area contributed by atoms with Gasteiger partial charge in [0.05, 0.1) is 13.0 Å². The van der Waals surface area contributed by atoms with Crippen LogP contribution < -0.4 is 5.32 Å². The number of methoxy groups -OCH3 is 1. The van der Waals surface area contributed by atoms with Crippen molar-refractivity contribution in [1.29, 1.82) is 0 Å². The van der Waals surface area contributed by atoms with Crippen LogP contribution >= 0.6 is 23.2 Å². The van der Waals surface area contributed by atoms with Crippen molar-refractivity contribution in [2.24, 2.45) is 5.92 Å². The molecule has 1 N–H and O–H groups in total. The van der Waals surface area contributed by atoms with Gasteiger partial charge in [-0.15, -0.1) is 0 Å². The van der Waals surface area contributed by atoms with Gasteiger partial charge in [-0.3, -0.25) is 4.79 Å². The van der Waals surface area contributed by atoms with Gasteiger partial charge < -0.3 is 15.0 Å². The van der Waals surface area contributed by atoms with Crippen LogP contribution in [0.1, 0.15) is 12.8 Å². The topological polar surface area (TPSA) is 58.6 Å². The Hall–Kier alpha value is -1.46. The van der Waals surface area contributed by atoms with Crippen LogP contribution in [0, 0.1) is 5.92 Å². The molecule has 114 valence electrons. The molecule has 0 atom stereocenters. The fourth-order valence-corrected chi connectivity index (χ4v) is 2.84. The molecule has 1 heterocycles. The highest BCUT2D eigenvalue weighted by Gasteiger charge is 2.27. The number of carbonyl (C=O) groups is 2. The zero-order valence-electron chi connectivity index (χ0n) is 11.6. The Labute approximate surface area is 133 Å². The number of amides is 2. The minimum Gasteiger partial charge on any atom is -0.469 e. The predicted octanol–water partition coefficient (Wildman–Crippen LogP) is 3.41. The van der Waals surface area contributed by atoms with Crippen LogP contribution in [0.2, 0.25) is 10.0 Å². The first kappa shape index (κ1) is 15.9. The van der Waals surface area contributed by atoms with E-state index in [0.717, 1.165) is 0 Å². The summed E-state index contributed by atoms with van der Waals surface area (Å²) in [5.74, 6) is -0.337. The summed E-state index contributed by atoms with van der Waals surface area (Å²) in [6.07, 6.45) is 1.22. The molecule has 1 aliphatic heterocycles. The van der Waals surface area contributed by atoms with E-state index in [1.54, 1.807) is 23.1 Å². The third-order valence-electron chi connectivity index (χ3n) is 3.43. The van der Waals surface area contributed by atoms with E-state index >= 15 is 0 Å². The maximum absolute atomic E-state index is 12.1. The van der Waals surface area contributed by atoms with Crippen molar-refractivity contribution in [3.05, 3.63) is 28.2 Å². The summed E-state index contributed by atoms with van der Waals surface area (Å²) in [6, 6.07) is 4.64. The molecule has 1 saturated heterocycles. The summed E-state index contributed by atoms with van der Waals surface area (Å²) in [5, 5.41) is 3.67. The Kier molecular flexibility index (Phi) is 5.31. The van der Waals surface area contributed by atoms with Crippen LogP contribution in [0.5, 0.6) is 0 Å². The zero-order chi connectivity index (χ0) is 15.4. The second-order valence-electron chi connectivity index (χ2n) is 4.87. The lowest BCUT2D eigenvalue weighted by Crippen LogP contribution is -2.42. The Balaban J connectivity index is 1.91. The molecule has 1 aromatic carbocycles. The van der Waals surface area contributed by atoms with E-state index in [9.17, 15) is 9.59 Å². The van der Waals surface area contributed by atoms with Crippen LogP contribution in [0.4, 0.5) is 10.5 Å². The second-order valence-corrected chi connectivity index (χ2v) is 5.75. The highest BCUT2D eigenvalue weighted by atomic mass is 35.5. The smallest absolute Gasteiger partial charge is 0.321 e. The van der Waals surface area contributed by atoms with Gasteiger partial charge in [0.15, 0.2) is 0 Å². The van der Waals surface area contributed by atoms with Crippen LogP contribution in [0.25, 0.3) is 0 Å². The average molecular weight is 331 g/mol. The van der Waals surface area contributed by atoms with E-state index in [0.29, 0.717) is 41.7 Å². The number of rotatable bonds is 2. The number of esters is 1. The number of ether oxygens (including phenoxy) is 1. The number of carbonyl (C=O) groups excluding carboxylic acids is 2. The molecule has 0 spiro atoms. The summed E-state index contributed by atoms with van der Waals surface area (Å²) in [5.41, 5.74) is 0.549. The number of nitrogens with zero attached hydrogens (tertiary/aromatic N) is 1. The number of hydrogen-bond donors (Lipinski definition) is 1. The van der Waals surface area contributed by atoms with Gasteiger partial charge in [0.1, 0.15) is 0 Å². The first-order valence-electron chi connectivity index (χ1n) is 6.59. The molecule has 0 radical (unpaired) electrons.